The molecule has 3 heterocycles. The molecular weight excluding hydrogens is 464 g/mol. The van der Waals surface area contributed by atoms with Gasteiger partial charge in [-0.05, 0) is 35.9 Å². The molecule has 0 spiro atoms. The summed E-state index contributed by atoms with van der Waals surface area (Å²) >= 11 is 0. The molecule has 1 unspecified atom stereocenters. The van der Waals surface area contributed by atoms with Crippen molar-refractivity contribution in [3.63, 3.8) is 0 Å². The van der Waals surface area contributed by atoms with Crippen LogP contribution in [0, 0.1) is 23.5 Å². The standard InChI is InChI=1S/C25H18F4N4O2/c1-32-10-3-6-18(25(32)35)15(19-12-14(26)7-8-21(19)27)4-2-5-16-17(24(30)34)9-11-33-22(16)20(13-31-33)23(28)29/h3,6-13,15,23H,4H2,1H3,(H2,30,34). The number of hydrogen-bond acceptors (Lipinski definition) is 3. The number of benzene rings is 1. The molecule has 35 heavy (non-hydrogen) atoms. The van der Waals surface area contributed by atoms with Crippen LogP contribution in [0.15, 0.2) is 59.8 Å². The van der Waals surface area contributed by atoms with E-state index in [4.69, 9.17) is 5.73 Å². The fraction of sp³-hybridized carbons (Fsp3) is 0.160. The van der Waals surface area contributed by atoms with Gasteiger partial charge in [0.05, 0.1) is 28.4 Å². The first-order chi connectivity index (χ1) is 16.7. The van der Waals surface area contributed by atoms with Gasteiger partial charge < -0.3 is 10.3 Å². The van der Waals surface area contributed by atoms with Crippen LogP contribution in [0.2, 0.25) is 0 Å². The summed E-state index contributed by atoms with van der Waals surface area (Å²) in [5, 5.41) is 3.86. The molecule has 0 saturated carbocycles. The van der Waals surface area contributed by atoms with Gasteiger partial charge >= 0.3 is 0 Å². The highest BCUT2D eigenvalue weighted by Crippen LogP contribution is 2.30. The van der Waals surface area contributed by atoms with Gasteiger partial charge in [0, 0.05) is 37.3 Å². The molecule has 4 rings (SSSR count). The maximum atomic E-state index is 14.7. The van der Waals surface area contributed by atoms with Crippen molar-refractivity contribution in [3.05, 3.63) is 105 Å². The van der Waals surface area contributed by atoms with Gasteiger partial charge in [0.1, 0.15) is 11.6 Å². The number of halogens is 4. The van der Waals surface area contributed by atoms with Crippen molar-refractivity contribution in [1.82, 2.24) is 14.2 Å². The summed E-state index contributed by atoms with van der Waals surface area (Å²) in [6.45, 7) is 0. The normalized spacial score (nSPS) is 11.9. The van der Waals surface area contributed by atoms with Gasteiger partial charge in [-0.15, -0.1) is 0 Å². The minimum absolute atomic E-state index is 0.0766. The summed E-state index contributed by atoms with van der Waals surface area (Å²) in [6.07, 6.45) is 0.719. The van der Waals surface area contributed by atoms with Crippen molar-refractivity contribution >= 4 is 11.4 Å². The zero-order chi connectivity index (χ0) is 25.3. The van der Waals surface area contributed by atoms with Gasteiger partial charge in [0.15, 0.2) is 0 Å². The molecule has 0 aliphatic rings. The maximum Gasteiger partial charge on any atom is 0.267 e. The van der Waals surface area contributed by atoms with E-state index in [9.17, 15) is 27.2 Å². The molecule has 0 saturated heterocycles. The number of fused-ring (bicyclic) bond motifs is 1. The number of pyridine rings is 2. The number of hydrogen-bond donors (Lipinski definition) is 1. The second-order valence-electron chi connectivity index (χ2n) is 7.77. The molecule has 4 aromatic rings. The predicted octanol–water partition coefficient (Wildman–Crippen LogP) is 3.92. The van der Waals surface area contributed by atoms with Gasteiger partial charge in [0.25, 0.3) is 12.0 Å². The summed E-state index contributed by atoms with van der Waals surface area (Å²) in [7, 11) is 1.52. The Kier molecular flexibility index (Phi) is 6.42. The molecule has 0 fully saturated rings. The molecule has 1 amide bonds. The Morgan fingerprint density at radius 2 is 1.89 bits per heavy atom. The smallest absolute Gasteiger partial charge is 0.267 e. The van der Waals surface area contributed by atoms with Crippen LogP contribution in [-0.4, -0.2) is 20.1 Å². The number of rotatable bonds is 5. The SMILES string of the molecule is Cn1cccc(C(CC#Cc2c(C(N)=O)ccn3ncc(C(F)F)c23)c2cc(F)ccc2F)c1=O. The lowest BCUT2D eigenvalue weighted by Crippen LogP contribution is -2.23. The van der Waals surface area contributed by atoms with Crippen molar-refractivity contribution in [2.75, 3.05) is 0 Å². The van der Waals surface area contributed by atoms with E-state index in [0.717, 1.165) is 28.9 Å². The van der Waals surface area contributed by atoms with E-state index < -0.39 is 41.0 Å². The number of amides is 1. The lowest BCUT2D eigenvalue weighted by atomic mass is 9.88. The molecule has 10 heteroatoms. The van der Waals surface area contributed by atoms with E-state index >= 15 is 0 Å². The third-order valence-corrected chi connectivity index (χ3v) is 5.59. The Labute approximate surface area is 196 Å². The first kappa shape index (κ1) is 23.8. The number of aromatic nitrogens is 3. The lowest BCUT2D eigenvalue weighted by Gasteiger charge is -2.16. The molecule has 0 bridgehead atoms. The third-order valence-electron chi connectivity index (χ3n) is 5.59. The number of nitrogens with zero attached hydrogens (tertiary/aromatic N) is 3. The minimum Gasteiger partial charge on any atom is -0.366 e. The van der Waals surface area contributed by atoms with Crippen molar-refractivity contribution in [3.8, 4) is 11.8 Å². The second kappa shape index (κ2) is 9.46. The first-order valence-electron chi connectivity index (χ1n) is 10.4. The van der Waals surface area contributed by atoms with Crippen LogP contribution in [0.4, 0.5) is 17.6 Å². The monoisotopic (exact) mass is 482 g/mol. The molecule has 1 aromatic carbocycles. The number of nitrogens with two attached hydrogens (primary N) is 1. The fourth-order valence-electron chi connectivity index (χ4n) is 3.89. The highest BCUT2D eigenvalue weighted by Gasteiger charge is 2.23. The molecule has 6 nitrogen and oxygen atoms in total. The van der Waals surface area contributed by atoms with Crippen LogP contribution in [-0.2, 0) is 7.05 Å². The van der Waals surface area contributed by atoms with E-state index in [1.807, 2.05) is 0 Å². The quantitative estimate of drug-likeness (QED) is 0.346. The molecule has 3 aromatic heterocycles. The average Bonchev–Trinajstić information content (AvgIpc) is 3.25. The molecule has 1 atom stereocenters. The van der Waals surface area contributed by atoms with Crippen LogP contribution in [0.5, 0.6) is 0 Å². The third kappa shape index (κ3) is 4.53. The summed E-state index contributed by atoms with van der Waals surface area (Å²) < 4.78 is 58.2. The second-order valence-corrected chi connectivity index (χ2v) is 7.77. The zero-order valence-corrected chi connectivity index (χ0v) is 18.3. The van der Waals surface area contributed by atoms with Gasteiger partial charge in [-0.25, -0.2) is 22.1 Å². The number of carbonyl (C=O) groups is 1. The van der Waals surface area contributed by atoms with Crippen LogP contribution >= 0.6 is 0 Å². The van der Waals surface area contributed by atoms with Crippen LogP contribution < -0.4 is 11.3 Å². The van der Waals surface area contributed by atoms with Crippen molar-refractivity contribution in [2.24, 2.45) is 12.8 Å². The van der Waals surface area contributed by atoms with Crippen LogP contribution in [0.3, 0.4) is 0 Å². The Hall–Kier alpha value is -4.39. The highest BCUT2D eigenvalue weighted by molar-refractivity contribution is 5.98. The Morgan fingerprint density at radius 1 is 1.11 bits per heavy atom. The van der Waals surface area contributed by atoms with Gasteiger partial charge in [-0.1, -0.05) is 17.9 Å². The minimum atomic E-state index is -2.89. The zero-order valence-electron chi connectivity index (χ0n) is 18.3. The molecule has 2 N–H and O–H groups in total. The molecule has 0 aliphatic carbocycles. The highest BCUT2D eigenvalue weighted by atomic mass is 19.3. The maximum absolute atomic E-state index is 14.7. The van der Waals surface area contributed by atoms with E-state index in [1.54, 1.807) is 6.07 Å². The van der Waals surface area contributed by atoms with E-state index in [-0.39, 0.29) is 34.2 Å². The summed E-state index contributed by atoms with van der Waals surface area (Å²) in [4.78, 5) is 24.7. The fourth-order valence-corrected chi connectivity index (χ4v) is 3.89. The Bertz CT molecular complexity index is 1560. The van der Waals surface area contributed by atoms with Crippen LogP contribution in [0.25, 0.3) is 5.52 Å². The van der Waals surface area contributed by atoms with Gasteiger partial charge in [-0.3, -0.25) is 9.59 Å². The van der Waals surface area contributed by atoms with E-state index in [2.05, 4.69) is 16.9 Å². The molecule has 178 valence electrons. The number of primary amides is 1. The van der Waals surface area contributed by atoms with E-state index in [1.165, 1.54) is 36.1 Å². The van der Waals surface area contributed by atoms with Crippen LogP contribution in [0.1, 0.15) is 51.4 Å². The number of alkyl halides is 2. The summed E-state index contributed by atoms with van der Waals surface area (Å²) in [6, 6.07) is 7.26. The molecule has 0 aliphatic heterocycles. The Balaban J connectivity index is 1.88. The number of carbonyl (C=O) groups excluding carboxylic acids is 1. The van der Waals surface area contributed by atoms with Crippen molar-refractivity contribution in [2.45, 2.75) is 18.8 Å². The van der Waals surface area contributed by atoms with E-state index in [0.29, 0.717) is 0 Å². The van der Waals surface area contributed by atoms with Gasteiger partial charge in [-0.2, -0.15) is 5.10 Å². The van der Waals surface area contributed by atoms with Crippen molar-refractivity contribution < 1.29 is 22.4 Å². The van der Waals surface area contributed by atoms with Crippen molar-refractivity contribution in [1.29, 1.82) is 0 Å². The number of aryl methyl sites for hydroxylation is 1. The average molecular weight is 482 g/mol. The predicted molar refractivity (Wildman–Crippen MR) is 120 cm³/mol. The summed E-state index contributed by atoms with van der Waals surface area (Å²) in [5.41, 5.74) is 4.36. The molecular formula is C25H18F4N4O2. The topological polar surface area (TPSA) is 82.4 Å². The first-order valence-corrected chi connectivity index (χ1v) is 10.4. The summed E-state index contributed by atoms with van der Waals surface area (Å²) in [5.74, 6) is 2.14. The largest absolute Gasteiger partial charge is 0.366 e. The molecule has 0 radical (unpaired) electrons. The lowest BCUT2D eigenvalue weighted by molar-refractivity contribution is 0.1000. The van der Waals surface area contributed by atoms with Gasteiger partial charge in [0.2, 0.25) is 5.91 Å². The Morgan fingerprint density at radius 3 is 2.60 bits per heavy atom.